The van der Waals surface area contributed by atoms with Crippen molar-refractivity contribution in [3.8, 4) is 5.69 Å². The number of likely N-dealkylation sites (tertiary alicyclic amines) is 1. The number of piperidine rings is 1. The maximum atomic E-state index is 13.2. The molecule has 4 rings (SSSR count). The monoisotopic (exact) mass is 324 g/mol. The van der Waals surface area contributed by atoms with Crippen LogP contribution in [-0.2, 0) is 0 Å². The number of amides is 1. The smallest absolute Gasteiger partial charge is 0.256 e. The second kappa shape index (κ2) is 6.23. The van der Waals surface area contributed by atoms with Crippen molar-refractivity contribution in [2.45, 2.75) is 25.3 Å². The summed E-state index contributed by atoms with van der Waals surface area (Å²) in [6, 6.07) is 7.20. The van der Waals surface area contributed by atoms with E-state index < -0.39 is 0 Å². The van der Waals surface area contributed by atoms with Crippen molar-refractivity contribution in [2.75, 3.05) is 6.54 Å². The topological polar surface area (TPSA) is 89.9 Å². The number of carbonyl (C=O) groups is 1. The van der Waals surface area contributed by atoms with Crippen LogP contribution >= 0.6 is 0 Å². The van der Waals surface area contributed by atoms with Crippen LogP contribution in [0.25, 0.3) is 5.69 Å². The van der Waals surface area contributed by atoms with Crippen LogP contribution in [0.15, 0.2) is 47.4 Å². The summed E-state index contributed by atoms with van der Waals surface area (Å²) in [5, 5.41) is 15.6. The van der Waals surface area contributed by atoms with Crippen LogP contribution in [0.4, 0.5) is 0 Å². The highest BCUT2D eigenvalue weighted by molar-refractivity contribution is 5.98. The van der Waals surface area contributed by atoms with Gasteiger partial charge >= 0.3 is 0 Å². The summed E-state index contributed by atoms with van der Waals surface area (Å²) in [5.41, 5.74) is 1.22. The second-order valence-corrected chi connectivity index (χ2v) is 5.67. The fraction of sp³-hybridized carbons (Fsp3) is 0.312. The first-order valence-corrected chi connectivity index (χ1v) is 7.88. The van der Waals surface area contributed by atoms with Gasteiger partial charge in [-0.2, -0.15) is 15.0 Å². The van der Waals surface area contributed by atoms with Gasteiger partial charge in [0.05, 0.1) is 35.9 Å². The van der Waals surface area contributed by atoms with Crippen LogP contribution in [0.5, 0.6) is 0 Å². The van der Waals surface area contributed by atoms with E-state index in [2.05, 4.69) is 20.6 Å². The number of hydrogen-bond acceptors (Lipinski definition) is 6. The van der Waals surface area contributed by atoms with E-state index in [0.29, 0.717) is 23.6 Å². The first-order valence-electron chi connectivity index (χ1n) is 7.88. The van der Waals surface area contributed by atoms with E-state index in [4.69, 9.17) is 4.52 Å². The van der Waals surface area contributed by atoms with Gasteiger partial charge in [0.1, 0.15) is 0 Å². The number of rotatable bonds is 3. The van der Waals surface area contributed by atoms with Crippen LogP contribution in [-0.4, -0.2) is 42.7 Å². The molecule has 0 bridgehead atoms. The van der Waals surface area contributed by atoms with Gasteiger partial charge in [-0.1, -0.05) is 12.1 Å². The summed E-state index contributed by atoms with van der Waals surface area (Å²) in [6.07, 6.45) is 7.60. The molecule has 8 heteroatoms. The average Bonchev–Trinajstić information content (AvgIpc) is 3.35. The minimum atomic E-state index is -0.139. The highest BCUT2D eigenvalue weighted by Gasteiger charge is 2.32. The van der Waals surface area contributed by atoms with Crippen LogP contribution in [0.1, 0.15) is 41.4 Å². The molecule has 3 aromatic rings. The second-order valence-electron chi connectivity index (χ2n) is 5.67. The quantitative estimate of drug-likeness (QED) is 0.732. The Balaban J connectivity index is 1.70. The number of carbonyl (C=O) groups excluding carboxylic acids is 1. The molecule has 1 aliphatic rings. The Morgan fingerprint density at radius 3 is 2.79 bits per heavy atom. The largest absolute Gasteiger partial charge is 0.340 e. The van der Waals surface area contributed by atoms with Crippen LogP contribution < -0.4 is 0 Å². The molecule has 0 saturated carbocycles. The molecular formula is C16H16N6O2. The molecule has 1 fully saturated rings. The third kappa shape index (κ3) is 2.55. The predicted octanol–water partition coefficient (Wildman–Crippen LogP) is 2.02. The molecule has 0 spiro atoms. The molecule has 1 saturated heterocycles. The van der Waals surface area contributed by atoms with Crippen molar-refractivity contribution < 1.29 is 9.32 Å². The third-order valence-electron chi connectivity index (χ3n) is 4.24. The SMILES string of the molecule is O=C(c1ccccc1-n1nccn1)N1CCCCC1c1cnno1. The van der Waals surface area contributed by atoms with Crippen molar-refractivity contribution in [3.05, 3.63) is 54.2 Å². The molecule has 24 heavy (non-hydrogen) atoms. The summed E-state index contributed by atoms with van der Waals surface area (Å²) in [7, 11) is 0. The van der Waals surface area contributed by atoms with E-state index in [0.717, 1.165) is 19.3 Å². The van der Waals surface area contributed by atoms with Crippen molar-refractivity contribution in [2.24, 2.45) is 0 Å². The van der Waals surface area contributed by atoms with E-state index in [1.165, 1.54) is 4.80 Å². The molecule has 1 unspecified atom stereocenters. The molecule has 8 nitrogen and oxygen atoms in total. The van der Waals surface area contributed by atoms with Crippen LogP contribution in [0, 0.1) is 0 Å². The number of nitrogens with zero attached hydrogens (tertiary/aromatic N) is 6. The molecule has 1 atom stereocenters. The Morgan fingerprint density at radius 1 is 1.17 bits per heavy atom. The molecule has 0 radical (unpaired) electrons. The molecule has 1 aromatic carbocycles. The molecule has 1 amide bonds. The minimum absolute atomic E-state index is 0.0657. The molecule has 0 N–H and O–H groups in total. The molecule has 122 valence electrons. The Morgan fingerprint density at radius 2 is 2.00 bits per heavy atom. The van der Waals surface area contributed by atoms with Crippen molar-refractivity contribution in [1.82, 2.24) is 30.3 Å². The molecule has 2 aromatic heterocycles. The molecule has 3 heterocycles. The zero-order valence-electron chi connectivity index (χ0n) is 12.9. The number of benzene rings is 1. The first-order chi connectivity index (χ1) is 11.8. The Labute approximate surface area is 138 Å². The Kier molecular flexibility index (Phi) is 3.78. The zero-order valence-corrected chi connectivity index (χ0v) is 12.9. The Bertz CT molecular complexity index is 815. The third-order valence-corrected chi connectivity index (χ3v) is 4.24. The van der Waals surface area contributed by atoms with Gasteiger partial charge in [0, 0.05) is 11.8 Å². The number of hydrogen-bond donors (Lipinski definition) is 0. The molecular weight excluding hydrogens is 308 g/mol. The molecule has 1 aliphatic heterocycles. The van der Waals surface area contributed by atoms with E-state index in [-0.39, 0.29) is 11.9 Å². The van der Waals surface area contributed by atoms with E-state index >= 15 is 0 Å². The standard InChI is InChI=1S/C16H16N6O2/c23-16(12-5-1-2-6-13(12)22-18-8-9-19-22)21-10-4-3-7-14(21)15-11-17-20-24-15/h1-2,5-6,8-9,11,14H,3-4,7,10H2. The van der Waals surface area contributed by atoms with Crippen LogP contribution in [0.3, 0.4) is 0 Å². The lowest BCUT2D eigenvalue weighted by Gasteiger charge is -2.34. The van der Waals surface area contributed by atoms with Crippen molar-refractivity contribution in [3.63, 3.8) is 0 Å². The fourth-order valence-corrected chi connectivity index (χ4v) is 3.12. The van der Waals surface area contributed by atoms with Gasteiger partial charge in [-0.05, 0) is 31.4 Å². The zero-order chi connectivity index (χ0) is 16.4. The Hall–Kier alpha value is -3.03. The van der Waals surface area contributed by atoms with Crippen molar-refractivity contribution in [1.29, 1.82) is 0 Å². The van der Waals surface area contributed by atoms with E-state index in [1.54, 1.807) is 24.7 Å². The number of aromatic nitrogens is 5. The van der Waals surface area contributed by atoms with Crippen molar-refractivity contribution >= 4 is 5.91 Å². The van der Waals surface area contributed by atoms with Gasteiger partial charge < -0.3 is 9.42 Å². The fourth-order valence-electron chi connectivity index (χ4n) is 3.12. The normalized spacial score (nSPS) is 17.8. The maximum absolute atomic E-state index is 13.2. The lowest BCUT2D eigenvalue weighted by Crippen LogP contribution is -2.38. The van der Waals surface area contributed by atoms with Crippen LogP contribution in [0.2, 0.25) is 0 Å². The first kappa shape index (κ1) is 14.6. The summed E-state index contributed by atoms with van der Waals surface area (Å²) in [5.74, 6) is 0.557. The summed E-state index contributed by atoms with van der Waals surface area (Å²) in [6.45, 7) is 0.672. The predicted molar refractivity (Wildman–Crippen MR) is 83.3 cm³/mol. The lowest BCUT2D eigenvalue weighted by molar-refractivity contribution is 0.0569. The van der Waals surface area contributed by atoms with Gasteiger partial charge in [0.25, 0.3) is 5.91 Å². The van der Waals surface area contributed by atoms with Gasteiger partial charge in [0.15, 0.2) is 5.76 Å². The van der Waals surface area contributed by atoms with Gasteiger partial charge in [-0.15, -0.1) is 5.10 Å². The van der Waals surface area contributed by atoms with Gasteiger partial charge in [-0.3, -0.25) is 4.79 Å². The summed E-state index contributed by atoms with van der Waals surface area (Å²) >= 11 is 0. The molecule has 0 aliphatic carbocycles. The van der Waals surface area contributed by atoms with E-state index in [1.807, 2.05) is 23.1 Å². The average molecular weight is 324 g/mol. The highest BCUT2D eigenvalue weighted by atomic mass is 16.5. The number of para-hydroxylation sites is 1. The summed E-state index contributed by atoms with van der Waals surface area (Å²) < 4.78 is 5.21. The highest BCUT2D eigenvalue weighted by Crippen LogP contribution is 2.32. The van der Waals surface area contributed by atoms with Gasteiger partial charge in [0.2, 0.25) is 0 Å². The summed E-state index contributed by atoms with van der Waals surface area (Å²) in [4.78, 5) is 16.5. The van der Waals surface area contributed by atoms with Gasteiger partial charge in [-0.25, -0.2) is 0 Å². The minimum Gasteiger partial charge on any atom is -0.340 e. The van der Waals surface area contributed by atoms with E-state index in [9.17, 15) is 4.79 Å². The lowest BCUT2D eigenvalue weighted by atomic mass is 9.99. The maximum Gasteiger partial charge on any atom is 0.256 e.